The SMILES string of the molecule is NC(=S)C(C(=O)Nc1ccc(Cl)c(Cl)c1)c1ccccc1. The van der Waals surface area contributed by atoms with Gasteiger partial charge in [-0.2, -0.15) is 0 Å². The molecule has 0 fully saturated rings. The van der Waals surface area contributed by atoms with Crippen LogP contribution in [-0.4, -0.2) is 10.9 Å². The maximum Gasteiger partial charge on any atom is 0.238 e. The molecule has 2 rings (SSSR count). The summed E-state index contributed by atoms with van der Waals surface area (Å²) in [5.41, 5.74) is 6.97. The number of hydrogen-bond donors (Lipinski definition) is 2. The summed E-state index contributed by atoms with van der Waals surface area (Å²) in [6.45, 7) is 0. The molecule has 3 nitrogen and oxygen atoms in total. The first kappa shape index (κ1) is 15.8. The molecule has 0 aromatic heterocycles. The van der Waals surface area contributed by atoms with Gasteiger partial charge in [0.1, 0.15) is 5.92 Å². The third kappa shape index (κ3) is 3.94. The van der Waals surface area contributed by atoms with Gasteiger partial charge < -0.3 is 11.1 Å². The van der Waals surface area contributed by atoms with E-state index in [9.17, 15) is 4.79 Å². The molecular formula is C15H12Cl2N2OS. The van der Waals surface area contributed by atoms with Gasteiger partial charge in [0.2, 0.25) is 5.91 Å². The highest BCUT2D eigenvalue weighted by atomic mass is 35.5. The van der Waals surface area contributed by atoms with Gasteiger partial charge in [-0.25, -0.2) is 0 Å². The monoisotopic (exact) mass is 338 g/mol. The van der Waals surface area contributed by atoms with Crippen LogP contribution in [0.5, 0.6) is 0 Å². The van der Waals surface area contributed by atoms with E-state index in [1.807, 2.05) is 18.2 Å². The molecule has 0 saturated carbocycles. The smallest absolute Gasteiger partial charge is 0.238 e. The number of thiocarbonyl (C=S) groups is 1. The third-order valence-electron chi connectivity index (χ3n) is 2.87. The van der Waals surface area contributed by atoms with E-state index >= 15 is 0 Å². The Kier molecular flexibility index (Phi) is 5.17. The largest absolute Gasteiger partial charge is 0.392 e. The predicted octanol–water partition coefficient (Wildman–Crippen LogP) is 4.00. The van der Waals surface area contributed by atoms with Crippen molar-refractivity contribution < 1.29 is 4.79 Å². The van der Waals surface area contributed by atoms with Crippen LogP contribution in [0.2, 0.25) is 10.0 Å². The van der Waals surface area contributed by atoms with Crippen LogP contribution in [0.4, 0.5) is 5.69 Å². The van der Waals surface area contributed by atoms with Gasteiger partial charge in [0.05, 0.1) is 15.0 Å². The molecule has 0 aliphatic rings. The fourth-order valence-electron chi connectivity index (χ4n) is 1.88. The lowest BCUT2D eigenvalue weighted by molar-refractivity contribution is -0.116. The van der Waals surface area contributed by atoms with E-state index in [1.165, 1.54) is 0 Å². The second-order valence-corrected chi connectivity index (χ2v) is 5.65. The molecule has 0 heterocycles. The van der Waals surface area contributed by atoms with E-state index in [0.717, 1.165) is 5.56 Å². The summed E-state index contributed by atoms with van der Waals surface area (Å²) in [4.78, 5) is 12.5. The van der Waals surface area contributed by atoms with Crippen molar-refractivity contribution in [2.75, 3.05) is 5.32 Å². The molecule has 0 radical (unpaired) electrons. The van der Waals surface area contributed by atoms with Gasteiger partial charge in [-0.15, -0.1) is 0 Å². The molecule has 2 aromatic carbocycles. The molecule has 0 saturated heterocycles. The first-order valence-electron chi connectivity index (χ1n) is 6.09. The van der Waals surface area contributed by atoms with Crippen LogP contribution in [0.1, 0.15) is 11.5 Å². The average molecular weight is 339 g/mol. The molecule has 3 N–H and O–H groups in total. The fourth-order valence-corrected chi connectivity index (χ4v) is 2.42. The molecule has 0 aliphatic heterocycles. The topological polar surface area (TPSA) is 55.1 Å². The quantitative estimate of drug-likeness (QED) is 0.828. The highest BCUT2D eigenvalue weighted by Gasteiger charge is 2.23. The Bertz CT molecular complexity index is 677. The standard InChI is InChI=1S/C15H12Cl2N2OS/c16-11-7-6-10(8-12(11)17)19-15(20)13(14(18)21)9-4-2-1-3-5-9/h1-8,13H,(H2,18,21)(H,19,20). The number of nitrogens with one attached hydrogen (secondary N) is 1. The summed E-state index contributed by atoms with van der Waals surface area (Å²) >= 11 is 16.8. The van der Waals surface area contributed by atoms with E-state index in [-0.39, 0.29) is 10.9 Å². The first-order valence-corrected chi connectivity index (χ1v) is 7.25. The van der Waals surface area contributed by atoms with Crippen LogP contribution >= 0.6 is 35.4 Å². The lowest BCUT2D eigenvalue weighted by atomic mass is 9.98. The minimum Gasteiger partial charge on any atom is -0.392 e. The number of nitrogens with two attached hydrogens (primary N) is 1. The van der Waals surface area contributed by atoms with Gasteiger partial charge in [0.25, 0.3) is 0 Å². The van der Waals surface area contributed by atoms with Gasteiger partial charge in [-0.1, -0.05) is 65.8 Å². The van der Waals surface area contributed by atoms with Crippen molar-refractivity contribution >= 4 is 52.0 Å². The second-order valence-electron chi connectivity index (χ2n) is 4.36. The maximum absolute atomic E-state index is 12.4. The third-order valence-corrected chi connectivity index (χ3v) is 3.84. The van der Waals surface area contributed by atoms with Crippen molar-refractivity contribution in [2.45, 2.75) is 5.92 Å². The van der Waals surface area contributed by atoms with Gasteiger partial charge in [0, 0.05) is 5.69 Å². The van der Waals surface area contributed by atoms with Crippen LogP contribution in [0, 0.1) is 0 Å². The number of anilines is 1. The summed E-state index contributed by atoms with van der Waals surface area (Å²) in [7, 11) is 0. The Morgan fingerprint density at radius 2 is 1.76 bits per heavy atom. The Hall–Kier alpha value is -1.62. The van der Waals surface area contributed by atoms with Crippen molar-refractivity contribution in [2.24, 2.45) is 5.73 Å². The maximum atomic E-state index is 12.4. The van der Waals surface area contributed by atoms with Crippen molar-refractivity contribution in [3.63, 3.8) is 0 Å². The van der Waals surface area contributed by atoms with E-state index in [2.05, 4.69) is 5.32 Å². The predicted molar refractivity (Wildman–Crippen MR) is 91.1 cm³/mol. The number of carbonyl (C=O) groups is 1. The molecule has 2 aromatic rings. The highest BCUT2D eigenvalue weighted by Crippen LogP contribution is 2.26. The zero-order chi connectivity index (χ0) is 15.4. The molecular weight excluding hydrogens is 327 g/mol. The number of halogens is 2. The van der Waals surface area contributed by atoms with E-state index < -0.39 is 5.92 Å². The average Bonchev–Trinajstić information content (AvgIpc) is 2.44. The van der Waals surface area contributed by atoms with Crippen molar-refractivity contribution in [1.82, 2.24) is 0 Å². The van der Waals surface area contributed by atoms with Crippen LogP contribution in [-0.2, 0) is 4.79 Å². The lowest BCUT2D eigenvalue weighted by Gasteiger charge is -2.16. The number of rotatable bonds is 4. The molecule has 1 amide bonds. The Balaban J connectivity index is 2.24. The molecule has 0 aliphatic carbocycles. The summed E-state index contributed by atoms with van der Waals surface area (Å²) in [5, 5.41) is 3.52. The molecule has 1 atom stereocenters. The van der Waals surface area contributed by atoms with Crippen LogP contribution in [0.3, 0.4) is 0 Å². The van der Waals surface area contributed by atoms with Crippen LogP contribution in [0.15, 0.2) is 48.5 Å². The van der Waals surface area contributed by atoms with Crippen LogP contribution < -0.4 is 11.1 Å². The van der Waals surface area contributed by atoms with Gasteiger partial charge in [0.15, 0.2) is 0 Å². The molecule has 21 heavy (non-hydrogen) atoms. The normalized spacial score (nSPS) is 11.7. The van der Waals surface area contributed by atoms with Crippen molar-refractivity contribution in [3.05, 3.63) is 64.1 Å². The van der Waals surface area contributed by atoms with Crippen molar-refractivity contribution in [3.8, 4) is 0 Å². The summed E-state index contributed by atoms with van der Waals surface area (Å²) in [6, 6.07) is 14.0. The van der Waals surface area contributed by atoms with Crippen molar-refractivity contribution in [1.29, 1.82) is 0 Å². The number of benzene rings is 2. The Morgan fingerprint density at radius 3 is 2.33 bits per heavy atom. The fraction of sp³-hybridized carbons (Fsp3) is 0.0667. The van der Waals surface area contributed by atoms with E-state index in [0.29, 0.717) is 15.7 Å². The van der Waals surface area contributed by atoms with Gasteiger partial charge in [-0.3, -0.25) is 4.79 Å². The number of carbonyl (C=O) groups excluding carboxylic acids is 1. The Labute approximate surface area is 138 Å². The zero-order valence-electron chi connectivity index (χ0n) is 10.8. The molecule has 6 heteroatoms. The molecule has 0 spiro atoms. The minimum atomic E-state index is -0.698. The Morgan fingerprint density at radius 1 is 1.10 bits per heavy atom. The minimum absolute atomic E-state index is 0.110. The van der Waals surface area contributed by atoms with E-state index in [4.69, 9.17) is 41.2 Å². The summed E-state index contributed by atoms with van der Waals surface area (Å²) in [5.74, 6) is -1.01. The number of amides is 1. The van der Waals surface area contributed by atoms with Gasteiger partial charge >= 0.3 is 0 Å². The first-order chi connectivity index (χ1) is 9.99. The van der Waals surface area contributed by atoms with Gasteiger partial charge in [-0.05, 0) is 23.8 Å². The van der Waals surface area contributed by atoms with E-state index in [1.54, 1.807) is 30.3 Å². The molecule has 1 unspecified atom stereocenters. The summed E-state index contributed by atoms with van der Waals surface area (Å²) in [6.07, 6.45) is 0. The number of hydrogen-bond acceptors (Lipinski definition) is 2. The molecule has 108 valence electrons. The molecule has 0 bridgehead atoms. The zero-order valence-corrected chi connectivity index (χ0v) is 13.2. The second kappa shape index (κ2) is 6.89. The highest BCUT2D eigenvalue weighted by molar-refractivity contribution is 7.80. The van der Waals surface area contributed by atoms with Crippen LogP contribution in [0.25, 0.3) is 0 Å². The lowest BCUT2D eigenvalue weighted by Crippen LogP contribution is -2.31. The summed E-state index contributed by atoms with van der Waals surface area (Å²) < 4.78 is 0.